The fourth-order valence-corrected chi connectivity index (χ4v) is 1.53. The monoisotopic (exact) mass is 202 g/mol. The smallest absolute Gasteiger partial charge is 0.0638 e. The van der Waals surface area contributed by atoms with Crippen LogP contribution in [-0.2, 0) is 6.54 Å². The van der Waals surface area contributed by atoms with Crippen molar-refractivity contribution >= 4 is 0 Å². The Morgan fingerprint density at radius 2 is 2.13 bits per heavy atom. The van der Waals surface area contributed by atoms with Gasteiger partial charge in [-0.2, -0.15) is 5.26 Å². The molecule has 1 N–H and O–H groups in total. The van der Waals surface area contributed by atoms with Gasteiger partial charge < -0.3 is 5.32 Å². The SMILES string of the molecule is CCC(CC#N)NCc1ccccc1C. The van der Waals surface area contributed by atoms with E-state index in [1.807, 2.05) is 6.07 Å². The van der Waals surface area contributed by atoms with Gasteiger partial charge in [0.2, 0.25) is 0 Å². The van der Waals surface area contributed by atoms with Crippen LogP contribution in [0.5, 0.6) is 0 Å². The van der Waals surface area contributed by atoms with Gasteiger partial charge in [0.1, 0.15) is 0 Å². The maximum atomic E-state index is 8.63. The predicted octanol–water partition coefficient (Wildman–Crippen LogP) is 2.78. The van der Waals surface area contributed by atoms with Gasteiger partial charge in [-0.25, -0.2) is 0 Å². The Kier molecular flexibility index (Phi) is 4.86. The van der Waals surface area contributed by atoms with Gasteiger partial charge in [0.15, 0.2) is 0 Å². The fourth-order valence-electron chi connectivity index (χ4n) is 1.53. The molecule has 0 bridgehead atoms. The van der Waals surface area contributed by atoms with Crippen LogP contribution in [0.1, 0.15) is 30.9 Å². The van der Waals surface area contributed by atoms with Crippen molar-refractivity contribution < 1.29 is 0 Å². The maximum Gasteiger partial charge on any atom is 0.0638 e. The van der Waals surface area contributed by atoms with Gasteiger partial charge in [0, 0.05) is 12.6 Å². The van der Waals surface area contributed by atoms with E-state index in [0.29, 0.717) is 12.5 Å². The molecule has 0 aliphatic rings. The third-order valence-corrected chi connectivity index (χ3v) is 2.67. The van der Waals surface area contributed by atoms with Crippen LogP contribution in [0, 0.1) is 18.3 Å². The normalized spacial score (nSPS) is 12.1. The molecular formula is C13H18N2. The Labute approximate surface area is 91.9 Å². The van der Waals surface area contributed by atoms with Crippen molar-refractivity contribution in [2.45, 2.75) is 39.3 Å². The minimum atomic E-state index is 0.314. The summed E-state index contributed by atoms with van der Waals surface area (Å²) < 4.78 is 0. The van der Waals surface area contributed by atoms with Gasteiger partial charge in [-0.3, -0.25) is 0 Å². The molecule has 0 saturated heterocycles. The van der Waals surface area contributed by atoms with E-state index in [1.54, 1.807) is 0 Å². The first-order valence-electron chi connectivity index (χ1n) is 5.42. The third kappa shape index (κ3) is 3.73. The number of aryl methyl sites for hydroxylation is 1. The second-order valence-corrected chi connectivity index (χ2v) is 3.77. The van der Waals surface area contributed by atoms with Gasteiger partial charge in [0.05, 0.1) is 12.5 Å². The van der Waals surface area contributed by atoms with Crippen molar-refractivity contribution in [3.05, 3.63) is 35.4 Å². The minimum Gasteiger partial charge on any atom is -0.309 e. The van der Waals surface area contributed by atoms with E-state index in [9.17, 15) is 0 Å². The van der Waals surface area contributed by atoms with Crippen LogP contribution >= 0.6 is 0 Å². The first-order chi connectivity index (χ1) is 7.27. The summed E-state index contributed by atoms with van der Waals surface area (Å²) in [5, 5.41) is 12.0. The van der Waals surface area contributed by atoms with E-state index in [4.69, 9.17) is 5.26 Å². The van der Waals surface area contributed by atoms with Crippen molar-refractivity contribution in [1.82, 2.24) is 5.32 Å². The Hall–Kier alpha value is -1.33. The number of nitrogens with zero attached hydrogens (tertiary/aromatic N) is 1. The molecule has 0 fully saturated rings. The van der Waals surface area contributed by atoms with Gasteiger partial charge in [0.25, 0.3) is 0 Å². The zero-order valence-electron chi connectivity index (χ0n) is 9.46. The lowest BCUT2D eigenvalue weighted by Gasteiger charge is -2.14. The first-order valence-corrected chi connectivity index (χ1v) is 5.42. The van der Waals surface area contributed by atoms with E-state index >= 15 is 0 Å². The molecule has 1 aromatic carbocycles. The zero-order chi connectivity index (χ0) is 11.1. The molecule has 0 radical (unpaired) electrons. The lowest BCUT2D eigenvalue weighted by Crippen LogP contribution is -2.27. The minimum absolute atomic E-state index is 0.314. The average molecular weight is 202 g/mol. The number of benzene rings is 1. The summed E-state index contributed by atoms with van der Waals surface area (Å²) in [6, 6.07) is 10.9. The van der Waals surface area contributed by atoms with Crippen LogP contribution in [0.4, 0.5) is 0 Å². The van der Waals surface area contributed by atoms with Gasteiger partial charge in [-0.15, -0.1) is 0 Å². The molecule has 0 aromatic heterocycles. The molecule has 1 rings (SSSR count). The van der Waals surface area contributed by atoms with Crippen LogP contribution in [0.15, 0.2) is 24.3 Å². The highest BCUT2D eigenvalue weighted by Gasteiger charge is 2.05. The van der Waals surface area contributed by atoms with Gasteiger partial charge in [-0.05, 0) is 24.5 Å². The standard InChI is InChI=1S/C13H18N2/c1-3-13(8-9-14)15-10-12-7-5-4-6-11(12)2/h4-7,13,15H,3,8,10H2,1-2H3. The summed E-state index contributed by atoms with van der Waals surface area (Å²) in [4.78, 5) is 0. The molecule has 2 nitrogen and oxygen atoms in total. The highest BCUT2D eigenvalue weighted by Crippen LogP contribution is 2.07. The van der Waals surface area contributed by atoms with Crippen LogP contribution in [-0.4, -0.2) is 6.04 Å². The molecule has 2 heteroatoms. The molecule has 1 atom stereocenters. The van der Waals surface area contributed by atoms with Crippen LogP contribution < -0.4 is 5.32 Å². The Morgan fingerprint density at radius 1 is 1.40 bits per heavy atom. The molecule has 1 unspecified atom stereocenters. The van der Waals surface area contributed by atoms with Crippen LogP contribution in [0.25, 0.3) is 0 Å². The quantitative estimate of drug-likeness (QED) is 0.797. The van der Waals surface area contributed by atoms with E-state index in [2.05, 4.69) is 43.4 Å². The molecule has 1 aromatic rings. The van der Waals surface area contributed by atoms with Crippen LogP contribution in [0.3, 0.4) is 0 Å². The second kappa shape index (κ2) is 6.21. The molecule has 0 aliphatic carbocycles. The Bertz CT molecular complexity index is 339. The summed E-state index contributed by atoms with van der Waals surface area (Å²) in [6.07, 6.45) is 1.59. The molecule has 0 saturated carbocycles. The molecule has 0 aliphatic heterocycles. The second-order valence-electron chi connectivity index (χ2n) is 3.77. The number of hydrogen-bond acceptors (Lipinski definition) is 2. The predicted molar refractivity (Wildman–Crippen MR) is 62.3 cm³/mol. The van der Waals surface area contributed by atoms with E-state index in [1.165, 1.54) is 11.1 Å². The van der Waals surface area contributed by atoms with Crippen molar-refractivity contribution in [3.63, 3.8) is 0 Å². The molecule has 80 valence electrons. The van der Waals surface area contributed by atoms with E-state index < -0.39 is 0 Å². The maximum absolute atomic E-state index is 8.63. The molecule has 0 spiro atoms. The first kappa shape index (κ1) is 11.7. The number of rotatable bonds is 5. The average Bonchev–Trinajstić information content (AvgIpc) is 2.26. The highest BCUT2D eigenvalue weighted by atomic mass is 14.9. The van der Waals surface area contributed by atoms with Crippen molar-refractivity contribution in [2.75, 3.05) is 0 Å². The Balaban J connectivity index is 2.49. The molecule has 15 heavy (non-hydrogen) atoms. The number of nitriles is 1. The van der Waals surface area contributed by atoms with E-state index in [0.717, 1.165) is 13.0 Å². The van der Waals surface area contributed by atoms with Gasteiger partial charge in [-0.1, -0.05) is 31.2 Å². The third-order valence-electron chi connectivity index (χ3n) is 2.67. The van der Waals surface area contributed by atoms with Crippen molar-refractivity contribution in [3.8, 4) is 6.07 Å². The highest BCUT2D eigenvalue weighted by molar-refractivity contribution is 5.25. The fraction of sp³-hybridized carbons (Fsp3) is 0.462. The largest absolute Gasteiger partial charge is 0.309 e. The lowest BCUT2D eigenvalue weighted by atomic mass is 10.1. The topological polar surface area (TPSA) is 35.8 Å². The summed E-state index contributed by atoms with van der Waals surface area (Å²) >= 11 is 0. The lowest BCUT2D eigenvalue weighted by molar-refractivity contribution is 0.504. The summed E-state index contributed by atoms with van der Waals surface area (Å²) in [5.74, 6) is 0. The van der Waals surface area contributed by atoms with E-state index in [-0.39, 0.29) is 0 Å². The number of hydrogen-bond donors (Lipinski definition) is 1. The summed E-state index contributed by atoms with van der Waals surface area (Å²) in [7, 11) is 0. The van der Waals surface area contributed by atoms with Crippen molar-refractivity contribution in [2.24, 2.45) is 0 Å². The Morgan fingerprint density at radius 3 is 2.73 bits per heavy atom. The summed E-state index contributed by atoms with van der Waals surface area (Å²) in [5.41, 5.74) is 2.62. The zero-order valence-corrected chi connectivity index (χ0v) is 9.46. The molecular weight excluding hydrogens is 184 g/mol. The number of nitrogens with one attached hydrogen (secondary N) is 1. The molecule has 0 heterocycles. The van der Waals surface area contributed by atoms with Crippen molar-refractivity contribution in [1.29, 1.82) is 5.26 Å². The van der Waals surface area contributed by atoms with Gasteiger partial charge >= 0.3 is 0 Å². The summed E-state index contributed by atoms with van der Waals surface area (Å²) in [6.45, 7) is 5.07. The molecule has 0 amide bonds. The van der Waals surface area contributed by atoms with Crippen LogP contribution in [0.2, 0.25) is 0 Å².